The van der Waals surface area contributed by atoms with Crippen LogP contribution in [0, 0.1) is 0 Å². The molecule has 0 unspecified atom stereocenters. The molecule has 0 bridgehead atoms. The molecule has 0 radical (unpaired) electrons. The lowest BCUT2D eigenvalue weighted by Gasteiger charge is -2.06. The molecule has 3 aromatic rings. The molecule has 0 saturated carbocycles. The number of ketones is 1. The highest BCUT2D eigenvalue weighted by molar-refractivity contribution is 6.34. The zero-order valence-corrected chi connectivity index (χ0v) is 12.0. The van der Waals surface area contributed by atoms with Crippen LogP contribution in [0.25, 0.3) is 10.9 Å². The van der Waals surface area contributed by atoms with Crippen molar-refractivity contribution >= 4 is 39.9 Å². The minimum absolute atomic E-state index is 0.0203. The summed E-state index contributed by atoms with van der Waals surface area (Å²) in [5, 5.41) is 2.19. The van der Waals surface area contributed by atoms with Crippen LogP contribution in [-0.2, 0) is 6.54 Å². The third kappa shape index (κ3) is 2.45. The number of hydrogen-bond acceptors (Lipinski definition) is 1. The van der Waals surface area contributed by atoms with Gasteiger partial charge in [-0.05, 0) is 35.7 Å². The molecule has 0 atom stereocenters. The van der Waals surface area contributed by atoms with Crippen LogP contribution in [0.4, 0.5) is 0 Å². The zero-order valence-electron chi connectivity index (χ0n) is 10.5. The molecule has 0 saturated heterocycles. The Hall–Kier alpha value is -1.77. The monoisotopic (exact) mass is 303 g/mol. The summed E-state index contributed by atoms with van der Waals surface area (Å²) in [6, 6.07) is 14.7. The molecule has 0 aliphatic heterocycles. The smallest absolute Gasteiger partial charge is 0.183 e. The van der Waals surface area contributed by atoms with Gasteiger partial charge >= 0.3 is 0 Å². The summed E-state index contributed by atoms with van der Waals surface area (Å²) in [6.07, 6.45) is 1.88. The standard InChI is InChI=1S/C16H11Cl2NO/c17-12-6-5-11-7-8-19(15(11)9-12)10-16(20)13-3-1-2-4-14(13)18/h1-9H,10H2. The molecule has 3 rings (SSSR count). The van der Waals surface area contributed by atoms with E-state index >= 15 is 0 Å². The van der Waals surface area contributed by atoms with Crippen molar-refractivity contribution in [2.75, 3.05) is 0 Å². The molecule has 20 heavy (non-hydrogen) atoms. The maximum Gasteiger partial charge on any atom is 0.183 e. The maximum absolute atomic E-state index is 12.3. The molecule has 0 aliphatic carbocycles. The van der Waals surface area contributed by atoms with E-state index in [1.807, 2.05) is 47.2 Å². The second-order valence-corrected chi connectivity index (χ2v) is 5.39. The molecule has 1 heterocycles. The van der Waals surface area contributed by atoms with Gasteiger partial charge in [0, 0.05) is 22.3 Å². The molecule has 1 aromatic heterocycles. The van der Waals surface area contributed by atoms with Crippen LogP contribution in [0.3, 0.4) is 0 Å². The number of nitrogens with zero attached hydrogens (tertiary/aromatic N) is 1. The molecule has 2 nitrogen and oxygen atoms in total. The fraction of sp³-hybridized carbons (Fsp3) is 0.0625. The van der Waals surface area contributed by atoms with Gasteiger partial charge in [0.05, 0.1) is 11.6 Å². The van der Waals surface area contributed by atoms with Crippen LogP contribution in [0.1, 0.15) is 10.4 Å². The molecule has 0 amide bonds. The fourth-order valence-electron chi connectivity index (χ4n) is 2.22. The number of benzene rings is 2. The van der Waals surface area contributed by atoms with E-state index in [0.717, 1.165) is 10.9 Å². The van der Waals surface area contributed by atoms with Crippen LogP contribution < -0.4 is 0 Å². The second kappa shape index (κ2) is 5.31. The Balaban J connectivity index is 1.96. The van der Waals surface area contributed by atoms with Gasteiger partial charge in [0.2, 0.25) is 0 Å². The van der Waals surface area contributed by atoms with Gasteiger partial charge in [-0.2, -0.15) is 0 Å². The Bertz CT molecular complexity index is 792. The highest BCUT2D eigenvalue weighted by Crippen LogP contribution is 2.22. The predicted octanol–water partition coefficient (Wildman–Crippen LogP) is 4.83. The number of fused-ring (bicyclic) bond motifs is 1. The number of hydrogen-bond donors (Lipinski definition) is 0. The van der Waals surface area contributed by atoms with Crippen molar-refractivity contribution in [1.82, 2.24) is 4.57 Å². The van der Waals surface area contributed by atoms with Gasteiger partial charge in [0.15, 0.2) is 5.78 Å². The Kier molecular flexibility index (Phi) is 3.51. The average molecular weight is 304 g/mol. The van der Waals surface area contributed by atoms with Gasteiger partial charge in [-0.25, -0.2) is 0 Å². The highest BCUT2D eigenvalue weighted by Gasteiger charge is 2.11. The minimum Gasteiger partial charge on any atom is -0.340 e. The first-order chi connectivity index (χ1) is 9.65. The number of Topliss-reactive ketones (excluding diaryl/α,β-unsaturated/α-hetero) is 1. The molecule has 100 valence electrons. The number of rotatable bonds is 3. The molecule has 0 aliphatic rings. The highest BCUT2D eigenvalue weighted by atomic mass is 35.5. The van der Waals surface area contributed by atoms with Gasteiger partial charge in [0.1, 0.15) is 0 Å². The molecular formula is C16H11Cl2NO. The van der Waals surface area contributed by atoms with Crippen LogP contribution in [0.15, 0.2) is 54.7 Å². The van der Waals surface area contributed by atoms with E-state index in [1.54, 1.807) is 12.1 Å². The lowest BCUT2D eigenvalue weighted by molar-refractivity contribution is 0.0974. The van der Waals surface area contributed by atoms with E-state index in [0.29, 0.717) is 15.6 Å². The van der Waals surface area contributed by atoms with E-state index in [9.17, 15) is 4.79 Å². The summed E-state index contributed by atoms with van der Waals surface area (Å²) in [6.45, 7) is 0.244. The van der Waals surface area contributed by atoms with Gasteiger partial charge < -0.3 is 4.57 Å². The van der Waals surface area contributed by atoms with Crippen LogP contribution >= 0.6 is 23.2 Å². The summed E-state index contributed by atoms with van der Waals surface area (Å²) in [4.78, 5) is 12.3. The van der Waals surface area contributed by atoms with E-state index in [1.165, 1.54) is 0 Å². The van der Waals surface area contributed by atoms with Gasteiger partial charge in [-0.3, -0.25) is 4.79 Å². The first-order valence-electron chi connectivity index (χ1n) is 6.17. The first-order valence-corrected chi connectivity index (χ1v) is 6.93. The van der Waals surface area contributed by atoms with Crippen molar-refractivity contribution in [2.24, 2.45) is 0 Å². The molecule has 4 heteroatoms. The number of halogens is 2. The van der Waals surface area contributed by atoms with Crippen molar-refractivity contribution in [3.05, 3.63) is 70.3 Å². The first kappa shape index (κ1) is 13.2. The quantitative estimate of drug-likeness (QED) is 0.635. The van der Waals surface area contributed by atoms with Crippen molar-refractivity contribution in [1.29, 1.82) is 0 Å². The summed E-state index contributed by atoms with van der Waals surface area (Å²) < 4.78 is 1.88. The Morgan fingerprint density at radius 2 is 1.85 bits per heavy atom. The largest absolute Gasteiger partial charge is 0.340 e. The van der Waals surface area contributed by atoms with Crippen LogP contribution in [0.5, 0.6) is 0 Å². The van der Waals surface area contributed by atoms with E-state index in [4.69, 9.17) is 23.2 Å². The number of carbonyl (C=O) groups excluding carboxylic acids is 1. The molecule has 0 N–H and O–H groups in total. The second-order valence-electron chi connectivity index (χ2n) is 4.55. The lowest BCUT2D eigenvalue weighted by Crippen LogP contribution is -2.09. The van der Waals surface area contributed by atoms with Crippen molar-refractivity contribution in [3.8, 4) is 0 Å². The summed E-state index contributed by atoms with van der Waals surface area (Å²) >= 11 is 12.1. The van der Waals surface area contributed by atoms with Crippen molar-refractivity contribution in [2.45, 2.75) is 6.54 Å². The molecular weight excluding hydrogens is 293 g/mol. The van der Waals surface area contributed by atoms with Crippen molar-refractivity contribution < 1.29 is 4.79 Å². The van der Waals surface area contributed by atoms with Crippen molar-refractivity contribution in [3.63, 3.8) is 0 Å². The molecule has 0 fully saturated rings. The third-order valence-corrected chi connectivity index (χ3v) is 3.79. The Morgan fingerprint density at radius 3 is 2.65 bits per heavy atom. The Morgan fingerprint density at radius 1 is 1.05 bits per heavy atom. The molecule has 0 spiro atoms. The third-order valence-electron chi connectivity index (χ3n) is 3.22. The fourth-order valence-corrected chi connectivity index (χ4v) is 2.63. The van der Waals surface area contributed by atoms with Crippen LogP contribution in [-0.4, -0.2) is 10.4 Å². The van der Waals surface area contributed by atoms with Crippen LogP contribution in [0.2, 0.25) is 10.0 Å². The van der Waals surface area contributed by atoms with Gasteiger partial charge in [-0.1, -0.05) is 41.4 Å². The Labute approximate surface area is 126 Å². The SMILES string of the molecule is O=C(Cn1ccc2ccc(Cl)cc21)c1ccccc1Cl. The van der Waals surface area contributed by atoms with E-state index < -0.39 is 0 Å². The number of carbonyl (C=O) groups is 1. The zero-order chi connectivity index (χ0) is 14.1. The number of aromatic nitrogens is 1. The van der Waals surface area contributed by atoms with E-state index in [-0.39, 0.29) is 12.3 Å². The summed E-state index contributed by atoms with van der Waals surface area (Å²) in [5.41, 5.74) is 1.48. The summed E-state index contributed by atoms with van der Waals surface area (Å²) in [7, 11) is 0. The minimum atomic E-state index is -0.0203. The van der Waals surface area contributed by atoms with Gasteiger partial charge in [-0.15, -0.1) is 0 Å². The van der Waals surface area contributed by atoms with E-state index in [2.05, 4.69) is 0 Å². The predicted molar refractivity (Wildman–Crippen MR) is 82.7 cm³/mol. The average Bonchev–Trinajstić information content (AvgIpc) is 2.82. The topological polar surface area (TPSA) is 22.0 Å². The normalized spacial score (nSPS) is 10.9. The van der Waals surface area contributed by atoms with Gasteiger partial charge in [0.25, 0.3) is 0 Å². The lowest BCUT2D eigenvalue weighted by atomic mass is 10.1. The molecule has 2 aromatic carbocycles. The maximum atomic E-state index is 12.3. The summed E-state index contributed by atoms with van der Waals surface area (Å²) in [5.74, 6) is -0.0203.